The molecule has 0 saturated carbocycles. The molecule has 0 aliphatic rings. The first kappa shape index (κ1) is 17.2. The SMILES string of the molecule is O=C(CSc1nnc(-c2ccoc2)c(-c2ccoc2)n1)c1ccc(Br)s1. The summed E-state index contributed by atoms with van der Waals surface area (Å²) < 4.78 is 11.2. The summed E-state index contributed by atoms with van der Waals surface area (Å²) in [7, 11) is 0. The second kappa shape index (κ2) is 7.56. The Morgan fingerprint density at radius 2 is 1.77 bits per heavy atom. The van der Waals surface area contributed by atoms with Crippen LogP contribution >= 0.6 is 39.0 Å². The maximum absolute atomic E-state index is 12.3. The van der Waals surface area contributed by atoms with Crippen LogP contribution in [-0.2, 0) is 0 Å². The van der Waals surface area contributed by atoms with E-state index < -0.39 is 0 Å². The van der Waals surface area contributed by atoms with Crippen LogP contribution in [-0.4, -0.2) is 26.7 Å². The molecule has 9 heteroatoms. The lowest BCUT2D eigenvalue weighted by molar-refractivity contribution is 0.102. The molecule has 26 heavy (non-hydrogen) atoms. The van der Waals surface area contributed by atoms with Crippen LogP contribution in [0.1, 0.15) is 9.67 Å². The molecule has 0 N–H and O–H groups in total. The van der Waals surface area contributed by atoms with Gasteiger partial charge >= 0.3 is 0 Å². The molecular formula is C17H10BrN3O3S2. The molecule has 0 radical (unpaired) electrons. The fourth-order valence-electron chi connectivity index (χ4n) is 2.23. The Morgan fingerprint density at radius 3 is 2.38 bits per heavy atom. The summed E-state index contributed by atoms with van der Waals surface area (Å²) in [6.07, 6.45) is 6.31. The van der Waals surface area contributed by atoms with Gasteiger partial charge in [-0.25, -0.2) is 4.98 Å². The molecular weight excluding hydrogens is 438 g/mol. The summed E-state index contributed by atoms with van der Waals surface area (Å²) in [5.74, 6) is 0.267. The van der Waals surface area contributed by atoms with Crippen molar-refractivity contribution in [2.45, 2.75) is 5.16 Å². The highest BCUT2D eigenvalue weighted by Crippen LogP contribution is 2.31. The summed E-state index contributed by atoms with van der Waals surface area (Å²) in [4.78, 5) is 17.5. The molecule has 6 nitrogen and oxygen atoms in total. The van der Waals surface area contributed by atoms with Crippen molar-refractivity contribution in [2.75, 3.05) is 5.75 Å². The topological polar surface area (TPSA) is 82.0 Å². The minimum Gasteiger partial charge on any atom is -0.472 e. The number of thiophene rings is 1. The average Bonchev–Trinajstić information content (AvgIpc) is 3.40. The lowest BCUT2D eigenvalue weighted by atomic mass is 10.1. The molecule has 0 spiro atoms. The first-order valence-corrected chi connectivity index (χ1v) is 10.0. The van der Waals surface area contributed by atoms with Crippen LogP contribution in [0.3, 0.4) is 0 Å². The Morgan fingerprint density at radius 1 is 1.04 bits per heavy atom. The van der Waals surface area contributed by atoms with Gasteiger partial charge in [0.1, 0.15) is 11.4 Å². The Balaban J connectivity index is 1.60. The van der Waals surface area contributed by atoms with Gasteiger partial charge in [-0.05, 0) is 40.2 Å². The van der Waals surface area contributed by atoms with E-state index in [2.05, 4.69) is 31.1 Å². The normalized spacial score (nSPS) is 11.0. The second-order valence-corrected chi connectivity index (χ2v) is 8.54. The molecule has 4 rings (SSSR count). The molecule has 0 aromatic carbocycles. The summed E-state index contributed by atoms with van der Waals surface area (Å²) in [6.45, 7) is 0. The summed E-state index contributed by atoms with van der Waals surface area (Å²) >= 11 is 6.02. The molecule has 0 unspecified atom stereocenters. The van der Waals surface area contributed by atoms with Crippen LogP contribution in [0, 0.1) is 0 Å². The van der Waals surface area contributed by atoms with E-state index in [1.807, 2.05) is 6.07 Å². The van der Waals surface area contributed by atoms with E-state index in [0.717, 1.165) is 14.9 Å². The molecule has 0 fully saturated rings. The van der Waals surface area contributed by atoms with Crippen molar-refractivity contribution in [1.82, 2.24) is 15.2 Å². The number of hydrogen-bond acceptors (Lipinski definition) is 8. The van der Waals surface area contributed by atoms with Gasteiger partial charge in [0.05, 0.1) is 39.5 Å². The number of thioether (sulfide) groups is 1. The Labute approximate surface area is 164 Å². The van der Waals surface area contributed by atoms with Crippen molar-refractivity contribution in [3.63, 3.8) is 0 Å². The molecule has 0 atom stereocenters. The maximum Gasteiger partial charge on any atom is 0.210 e. The molecule has 4 aromatic rings. The molecule has 0 aliphatic heterocycles. The Hall–Kier alpha value is -2.23. The van der Waals surface area contributed by atoms with Crippen molar-refractivity contribution in [3.8, 4) is 22.5 Å². The van der Waals surface area contributed by atoms with E-state index >= 15 is 0 Å². The van der Waals surface area contributed by atoms with Crippen molar-refractivity contribution in [2.24, 2.45) is 0 Å². The number of Topliss-reactive ketones (excluding diaryl/α,β-unsaturated/α-hetero) is 1. The number of nitrogens with zero attached hydrogens (tertiary/aromatic N) is 3. The summed E-state index contributed by atoms with van der Waals surface area (Å²) in [5, 5.41) is 8.86. The van der Waals surface area contributed by atoms with Gasteiger partial charge in [0.2, 0.25) is 5.16 Å². The highest BCUT2D eigenvalue weighted by molar-refractivity contribution is 9.11. The predicted molar refractivity (Wildman–Crippen MR) is 102 cm³/mol. The highest BCUT2D eigenvalue weighted by atomic mass is 79.9. The third-order valence-corrected chi connectivity index (χ3v) is 5.94. The molecule has 4 aromatic heterocycles. The first-order chi connectivity index (χ1) is 12.7. The smallest absolute Gasteiger partial charge is 0.210 e. The van der Waals surface area contributed by atoms with Crippen LogP contribution in [0.15, 0.2) is 67.1 Å². The van der Waals surface area contributed by atoms with E-state index in [1.165, 1.54) is 23.1 Å². The summed E-state index contributed by atoms with van der Waals surface area (Å²) in [6, 6.07) is 7.25. The molecule has 0 bridgehead atoms. The lowest BCUT2D eigenvalue weighted by Gasteiger charge is -2.05. The Bertz CT molecular complexity index is 1030. The van der Waals surface area contributed by atoms with Gasteiger partial charge in [-0.3, -0.25) is 4.79 Å². The van der Waals surface area contributed by atoms with Crippen LogP contribution in [0.5, 0.6) is 0 Å². The molecule has 0 saturated heterocycles. The maximum atomic E-state index is 12.3. The molecule has 130 valence electrons. The Kier molecular flexibility index (Phi) is 5.00. The monoisotopic (exact) mass is 447 g/mol. The van der Waals surface area contributed by atoms with E-state index in [1.54, 1.807) is 43.3 Å². The number of furan rings is 2. The second-order valence-electron chi connectivity index (χ2n) is 5.13. The number of aromatic nitrogens is 3. The van der Waals surface area contributed by atoms with Gasteiger partial charge in [-0.15, -0.1) is 21.5 Å². The van der Waals surface area contributed by atoms with Gasteiger partial charge in [0, 0.05) is 11.1 Å². The standard InChI is InChI=1S/C17H10BrN3O3S2/c18-14-2-1-13(26-14)12(22)9-25-17-19-15(10-3-5-23-7-10)16(20-21-17)11-4-6-24-8-11/h1-8H,9H2. The molecule has 0 aliphatic carbocycles. The number of hydrogen-bond donors (Lipinski definition) is 0. The molecule has 4 heterocycles. The van der Waals surface area contributed by atoms with Gasteiger partial charge in [-0.2, -0.15) is 0 Å². The fourth-order valence-corrected chi connectivity index (χ4v) is 4.32. The van der Waals surface area contributed by atoms with E-state index in [-0.39, 0.29) is 11.5 Å². The van der Waals surface area contributed by atoms with E-state index in [0.29, 0.717) is 21.4 Å². The number of carbonyl (C=O) groups excluding carboxylic acids is 1. The van der Waals surface area contributed by atoms with Crippen molar-refractivity contribution < 1.29 is 13.6 Å². The zero-order valence-corrected chi connectivity index (χ0v) is 16.3. The zero-order valence-electron chi connectivity index (χ0n) is 13.1. The lowest BCUT2D eigenvalue weighted by Crippen LogP contribution is -2.03. The fraction of sp³-hybridized carbons (Fsp3) is 0.0588. The average molecular weight is 448 g/mol. The number of ketones is 1. The number of rotatable bonds is 6. The largest absolute Gasteiger partial charge is 0.472 e. The third-order valence-electron chi connectivity index (χ3n) is 3.44. The summed E-state index contributed by atoms with van der Waals surface area (Å²) in [5.41, 5.74) is 2.78. The van der Waals surface area contributed by atoms with Gasteiger partial charge in [0.15, 0.2) is 5.78 Å². The third kappa shape index (κ3) is 3.64. The van der Waals surface area contributed by atoms with E-state index in [4.69, 9.17) is 8.83 Å². The quantitative estimate of drug-likeness (QED) is 0.297. The van der Waals surface area contributed by atoms with Crippen molar-refractivity contribution >= 4 is 44.8 Å². The molecule has 0 amide bonds. The van der Waals surface area contributed by atoms with E-state index in [9.17, 15) is 4.79 Å². The van der Waals surface area contributed by atoms with Crippen LogP contribution in [0.4, 0.5) is 0 Å². The highest BCUT2D eigenvalue weighted by Gasteiger charge is 2.17. The minimum absolute atomic E-state index is 0.0260. The number of carbonyl (C=O) groups is 1. The van der Waals surface area contributed by atoms with Gasteiger partial charge < -0.3 is 8.83 Å². The van der Waals surface area contributed by atoms with Crippen LogP contribution in [0.2, 0.25) is 0 Å². The van der Waals surface area contributed by atoms with Crippen molar-refractivity contribution in [3.05, 3.63) is 58.0 Å². The van der Waals surface area contributed by atoms with Crippen molar-refractivity contribution in [1.29, 1.82) is 0 Å². The van der Waals surface area contributed by atoms with Gasteiger partial charge in [-0.1, -0.05) is 11.8 Å². The van der Waals surface area contributed by atoms with Crippen LogP contribution in [0.25, 0.3) is 22.5 Å². The van der Waals surface area contributed by atoms with Crippen LogP contribution < -0.4 is 0 Å². The first-order valence-electron chi connectivity index (χ1n) is 7.42. The van der Waals surface area contributed by atoms with Gasteiger partial charge in [0.25, 0.3) is 0 Å². The number of halogens is 1. The predicted octanol–water partition coefficient (Wildman–Crippen LogP) is 5.19. The zero-order chi connectivity index (χ0) is 17.9. The minimum atomic E-state index is 0.0260.